The minimum atomic E-state index is -0.131. The van der Waals surface area contributed by atoms with Gasteiger partial charge in [-0.3, -0.25) is 9.48 Å². The summed E-state index contributed by atoms with van der Waals surface area (Å²) < 4.78 is 7.26. The highest BCUT2D eigenvalue weighted by Crippen LogP contribution is 2.22. The second-order valence-corrected chi connectivity index (χ2v) is 5.99. The number of nitrogens with one attached hydrogen (secondary N) is 1. The number of hydrogen-bond donors (Lipinski definition) is 1. The molecule has 1 N–H and O–H groups in total. The molecule has 1 saturated heterocycles. The Bertz CT molecular complexity index is 707. The van der Waals surface area contributed by atoms with Gasteiger partial charge in [0.25, 0.3) is 5.91 Å². The minimum Gasteiger partial charge on any atom is -0.381 e. The molecule has 1 fully saturated rings. The highest BCUT2D eigenvalue weighted by Gasteiger charge is 2.19. The Morgan fingerprint density at radius 2 is 2.38 bits per heavy atom. The van der Waals surface area contributed by atoms with E-state index >= 15 is 0 Å². The van der Waals surface area contributed by atoms with Gasteiger partial charge >= 0.3 is 0 Å². The molecule has 1 atom stereocenters. The molecule has 1 aliphatic heterocycles. The minimum absolute atomic E-state index is 0.131. The number of aromatic nitrogens is 4. The molecule has 0 saturated carbocycles. The summed E-state index contributed by atoms with van der Waals surface area (Å²) in [5, 5.41) is 7.21. The van der Waals surface area contributed by atoms with E-state index in [1.165, 1.54) is 0 Å². The molecule has 2 aromatic heterocycles. The van der Waals surface area contributed by atoms with Crippen molar-refractivity contribution in [1.29, 1.82) is 0 Å². The van der Waals surface area contributed by atoms with E-state index < -0.39 is 0 Å². The van der Waals surface area contributed by atoms with Gasteiger partial charge in [0.05, 0.1) is 30.1 Å². The maximum atomic E-state index is 12.3. The summed E-state index contributed by atoms with van der Waals surface area (Å²) in [4.78, 5) is 21.3. The molecule has 3 rings (SSSR count). The van der Waals surface area contributed by atoms with E-state index in [-0.39, 0.29) is 11.8 Å². The fourth-order valence-corrected chi connectivity index (χ4v) is 2.82. The molecule has 0 radical (unpaired) electrons. The van der Waals surface area contributed by atoms with Gasteiger partial charge in [-0.1, -0.05) is 0 Å². The quantitative estimate of drug-likeness (QED) is 0.905. The van der Waals surface area contributed by atoms with Gasteiger partial charge in [-0.05, 0) is 32.8 Å². The van der Waals surface area contributed by atoms with Crippen molar-refractivity contribution in [3.05, 3.63) is 41.2 Å². The van der Waals surface area contributed by atoms with Crippen molar-refractivity contribution in [2.75, 3.05) is 13.2 Å². The SMILES string of the molecule is CCn1cc(C(=O)NCc2ccnc(C3CCCOC3)n2)c(C)n1. The first-order chi connectivity index (χ1) is 11.7. The molecule has 1 amide bonds. The lowest BCUT2D eigenvalue weighted by Gasteiger charge is -2.20. The van der Waals surface area contributed by atoms with Crippen LogP contribution in [0.2, 0.25) is 0 Å². The van der Waals surface area contributed by atoms with Crippen molar-refractivity contribution in [1.82, 2.24) is 25.1 Å². The maximum absolute atomic E-state index is 12.3. The van der Waals surface area contributed by atoms with Gasteiger partial charge in [0.1, 0.15) is 5.82 Å². The summed E-state index contributed by atoms with van der Waals surface area (Å²) in [5.41, 5.74) is 2.14. The van der Waals surface area contributed by atoms with Gasteiger partial charge < -0.3 is 10.1 Å². The highest BCUT2D eigenvalue weighted by atomic mass is 16.5. The predicted octanol–water partition coefficient (Wildman–Crippen LogP) is 1.83. The second-order valence-electron chi connectivity index (χ2n) is 5.99. The number of carbonyl (C=O) groups is 1. The summed E-state index contributed by atoms with van der Waals surface area (Å²) in [5.74, 6) is 0.921. The molecule has 1 aliphatic rings. The monoisotopic (exact) mass is 329 g/mol. The normalized spacial score (nSPS) is 17.7. The highest BCUT2D eigenvalue weighted by molar-refractivity contribution is 5.94. The summed E-state index contributed by atoms with van der Waals surface area (Å²) in [7, 11) is 0. The average Bonchev–Trinajstić information content (AvgIpc) is 3.02. The largest absolute Gasteiger partial charge is 0.381 e. The van der Waals surface area contributed by atoms with Crippen molar-refractivity contribution in [2.45, 2.75) is 45.7 Å². The number of amides is 1. The number of hydrogen-bond acceptors (Lipinski definition) is 5. The maximum Gasteiger partial charge on any atom is 0.255 e. The van der Waals surface area contributed by atoms with Crippen molar-refractivity contribution < 1.29 is 9.53 Å². The summed E-state index contributed by atoms with van der Waals surface area (Å²) in [6.07, 6.45) is 5.61. The summed E-state index contributed by atoms with van der Waals surface area (Å²) >= 11 is 0. The smallest absolute Gasteiger partial charge is 0.255 e. The lowest BCUT2D eigenvalue weighted by atomic mass is 10.0. The first-order valence-electron chi connectivity index (χ1n) is 8.39. The van der Waals surface area contributed by atoms with E-state index in [2.05, 4.69) is 20.4 Å². The molecule has 24 heavy (non-hydrogen) atoms. The van der Waals surface area contributed by atoms with Crippen molar-refractivity contribution in [2.24, 2.45) is 0 Å². The van der Waals surface area contributed by atoms with Crippen LogP contribution in [0.25, 0.3) is 0 Å². The van der Waals surface area contributed by atoms with Crippen LogP contribution in [0.4, 0.5) is 0 Å². The Balaban J connectivity index is 1.63. The Kier molecular flexibility index (Phi) is 5.20. The van der Waals surface area contributed by atoms with E-state index in [9.17, 15) is 4.79 Å². The van der Waals surface area contributed by atoms with Crippen LogP contribution < -0.4 is 5.32 Å². The molecule has 0 spiro atoms. The third-order valence-electron chi connectivity index (χ3n) is 4.20. The molecular weight excluding hydrogens is 306 g/mol. The lowest BCUT2D eigenvalue weighted by molar-refractivity contribution is 0.0779. The van der Waals surface area contributed by atoms with Crippen LogP contribution in [0.3, 0.4) is 0 Å². The number of ether oxygens (including phenoxy) is 1. The first kappa shape index (κ1) is 16.6. The van der Waals surface area contributed by atoms with Gasteiger partial charge in [-0.2, -0.15) is 5.10 Å². The Morgan fingerprint density at radius 1 is 1.50 bits per heavy atom. The molecular formula is C17H23N5O2. The van der Waals surface area contributed by atoms with Crippen LogP contribution in [0, 0.1) is 6.92 Å². The van der Waals surface area contributed by atoms with E-state index in [4.69, 9.17) is 4.74 Å². The van der Waals surface area contributed by atoms with E-state index in [0.29, 0.717) is 18.7 Å². The van der Waals surface area contributed by atoms with Gasteiger partial charge in [-0.25, -0.2) is 9.97 Å². The average molecular weight is 329 g/mol. The molecule has 7 heteroatoms. The molecule has 0 aromatic carbocycles. The van der Waals surface area contributed by atoms with E-state index in [0.717, 1.165) is 43.2 Å². The molecule has 0 bridgehead atoms. The molecule has 1 unspecified atom stereocenters. The van der Waals surface area contributed by atoms with Gasteiger partial charge in [0.2, 0.25) is 0 Å². The molecule has 0 aliphatic carbocycles. The van der Waals surface area contributed by atoms with Gasteiger partial charge in [0, 0.05) is 31.5 Å². The zero-order valence-electron chi connectivity index (χ0n) is 14.2. The fraction of sp³-hybridized carbons (Fsp3) is 0.529. The van der Waals surface area contributed by atoms with E-state index in [1.807, 2.05) is 19.9 Å². The van der Waals surface area contributed by atoms with Crippen LogP contribution in [-0.2, 0) is 17.8 Å². The van der Waals surface area contributed by atoms with Crippen molar-refractivity contribution >= 4 is 5.91 Å². The Hall–Kier alpha value is -2.28. The second kappa shape index (κ2) is 7.53. The first-order valence-corrected chi connectivity index (χ1v) is 8.39. The van der Waals surface area contributed by atoms with Crippen LogP contribution in [-0.4, -0.2) is 38.9 Å². The third kappa shape index (κ3) is 3.79. The summed E-state index contributed by atoms with van der Waals surface area (Å²) in [6, 6.07) is 1.83. The topological polar surface area (TPSA) is 81.9 Å². The van der Waals surface area contributed by atoms with Gasteiger partial charge in [0.15, 0.2) is 0 Å². The Morgan fingerprint density at radius 3 is 3.08 bits per heavy atom. The third-order valence-corrected chi connectivity index (χ3v) is 4.20. The van der Waals surface area contributed by atoms with E-state index in [1.54, 1.807) is 17.1 Å². The fourth-order valence-electron chi connectivity index (χ4n) is 2.82. The molecule has 2 aromatic rings. The molecule has 128 valence electrons. The zero-order chi connectivity index (χ0) is 16.9. The van der Waals surface area contributed by atoms with Gasteiger partial charge in [-0.15, -0.1) is 0 Å². The van der Waals surface area contributed by atoms with Crippen LogP contribution >= 0.6 is 0 Å². The predicted molar refractivity (Wildman–Crippen MR) is 88.6 cm³/mol. The lowest BCUT2D eigenvalue weighted by Crippen LogP contribution is -2.24. The van der Waals surface area contributed by atoms with Crippen molar-refractivity contribution in [3.63, 3.8) is 0 Å². The number of carbonyl (C=O) groups excluding carboxylic acids is 1. The molecule has 3 heterocycles. The molecule has 7 nitrogen and oxygen atoms in total. The standard InChI is InChI=1S/C17H23N5O2/c1-3-22-10-15(12(2)21-22)17(23)19-9-14-6-7-18-16(20-14)13-5-4-8-24-11-13/h6-7,10,13H,3-5,8-9,11H2,1-2H3,(H,19,23). The number of nitrogens with zero attached hydrogens (tertiary/aromatic N) is 4. The number of aryl methyl sites for hydroxylation is 2. The van der Waals surface area contributed by atoms with Crippen LogP contribution in [0.1, 0.15) is 53.3 Å². The van der Waals surface area contributed by atoms with Crippen LogP contribution in [0.15, 0.2) is 18.5 Å². The summed E-state index contributed by atoms with van der Waals surface area (Å²) in [6.45, 7) is 6.44. The zero-order valence-corrected chi connectivity index (χ0v) is 14.2. The van der Waals surface area contributed by atoms with Crippen LogP contribution in [0.5, 0.6) is 0 Å². The van der Waals surface area contributed by atoms with Crippen molar-refractivity contribution in [3.8, 4) is 0 Å². The Labute approximate surface area is 141 Å². The number of rotatable bonds is 5.